The lowest BCUT2D eigenvalue weighted by molar-refractivity contribution is -0.384. The quantitative estimate of drug-likeness (QED) is 0.0669. The third-order valence-electron chi connectivity index (χ3n) is 6.78. The highest BCUT2D eigenvalue weighted by atomic mass is 16.6. The summed E-state index contributed by atoms with van der Waals surface area (Å²) < 4.78 is 5.59. The number of nitrogens with zero attached hydrogens (tertiary/aromatic N) is 4. The van der Waals surface area contributed by atoms with Gasteiger partial charge in [0.1, 0.15) is 5.75 Å². The van der Waals surface area contributed by atoms with Crippen molar-refractivity contribution < 1.29 is 19.2 Å². The molecule has 0 saturated carbocycles. The van der Waals surface area contributed by atoms with Crippen LogP contribution in [-0.4, -0.2) is 33.0 Å². The van der Waals surface area contributed by atoms with E-state index in [4.69, 9.17) is 14.7 Å². The SMILES string of the molecule is O=C(N/N=C\c1ccc(OC(=O)c2ccc3nc(-c4ccccc4)c(-c4ccccc4)nc3c2)cc1)c1cccc([N+](=O)[O-])c1. The molecule has 1 amide bonds. The number of ether oxygens (including phenoxy) is 1. The minimum atomic E-state index is -0.590. The van der Waals surface area contributed by atoms with Gasteiger partial charge in [-0.25, -0.2) is 20.2 Å². The molecule has 0 saturated heterocycles. The first-order chi connectivity index (χ1) is 21.9. The van der Waals surface area contributed by atoms with Crippen LogP contribution in [-0.2, 0) is 0 Å². The minimum absolute atomic E-state index is 0.108. The van der Waals surface area contributed by atoms with Crippen molar-refractivity contribution in [2.24, 2.45) is 5.10 Å². The van der Waals surface area contributed by atoms with E-state index in [1.807, 2.05) is 60.7 Å². The lowest BCUT2D eigenvalue weighted by Gasteiger charge is -2.11. The normalized spacial score (nSPS) is 10.9. The number of carbonyl (C=O) groups excluding carboxylic acids is 2. The van der Waals surface area contributed by atoms with E-state index < -0.39 is 16.8 Å². The summed E-state index contributed by atoms with van der Waals surface area (Å²) in [7, 11) is 0. The van der Waals surface area contributed by atoms with Crippen LogP contribution in [0.25, 0.3) is 33.5 Å². The molecule has 0 fully saturated rings. The highest BCUT2D eigenvalue weighted by molar-refractivity contribution is 5.97. The number of nitro benzene ring substituents is 1. The second-order valence-electron chi connectivity index (χ2n) is 9.82. The van der Waals surface area contributed by atoms with Gasteiger partial charge in [-0.05, 0) is 54.1 Å². The zero-order chi connectivity index (χ0) is 31.2. The summed E-state index contributed by atoms with van der Waals surface area (Å²) in [6.45, 7) is 0. The highest BCUT2D eigenvalue weighted by Crippen LogP contribution is 2.31. The molecule has 0 atom stereocenters. The summed E-state index contributed by atoms with van der Waals surface area (Å²) in [6.07, 6.45) is 1.40. The molecule has 1 aromatic heterocycles. The molecule has 0 radical (unpaired) electrons. The van der Waals surface area contributed by atoms with Gasteiger partial charge in [0, 0.05) is 28.8 Å². The van der Waals surface area contributed by atoms with Gasteiger partial charge in [-0.1, -0.05) is 66.7 Å². The number of carbonyl (C=O) groups is 2. The Morgan fingerprint density at radius 1 is 0.711 bits per heavy atom. The van der Waals surface area contributed by atoms with Crippen molar-refractivity contribution in [2.75, 3.05) is 0 Å². The molecule has 10 heteroatoms. The summed E-state index contributed by atoms with van der Waals surface area (Å²) in [5, 5.41) is 14.8. The average Bonchev–Trinajstić information content (AvgIpc) is 3.09. The monoisotopic (exact) mass is 593 g/mol. The number of hydrogen-bond donors (Lipinski definition) is 1. The summed E-state index contributed by atoms with van der Waals surface area (Å²) in [5.41, 5.74) is 7.69. The first-order valence-electron chi connectivity index (χ1n) is 13.8. The molecule has 0 spiro atoms. The molecule has 0 aliphatic heterocycles. The zero-order valence-corrected chi connectivity index (χ0v) is 23.5. The van der Waals surface area contributed by atoms with Gasteiger partial charge in [0.15, 0.2) is 0 Å². The molecule has 0 bridgehead atoms. The Morgan fingerprint density at radius 3 is 2.00 bits per heavy atom. The first-order valence-corrected chi connectivity index (χ1v) is 13.8. The molecule has 218 valence electrons. The number of esters is 1. The first kappa shape index (κ1) is 28.6. The van der Waals surface area contributed by atoms with E-state index in [1.54, 1.807) is 42.5 Å². The van der Waals surface area contributed by atoms with Crippen molar-refractivity contribution in [1.29, 1.82) is 0 Å². The van der Waals surface area contributed by atoms with Crippen LogP contribution in [0.5, 0.6) is 5.75 Å². The van der Waals surface area contributed by atoms with E-state index in [0.29, 0.717) is 33.6 Å². The van der Waals surface area contributed by atoms with Gasteiger partial charge in [0.25, 0.3) is 11.6 Å². The fourth-order valence-electron chi connectivity index (χ4n) is 4.55. The Kier molecular flexibility index (Phi) is 8.10. The van der Waals surface area contributed by atoms with Crippen molar-refractivity contribution in [3.05, 3.63) is 154 Å². The number of aromatic nitrogens is 2. The molecule has 10 nitrogen and oxygen atoms in total. The largest absolute Gasteiger partial charge is 0.423 e. The average molecular weight is 594 g/mol. The molecule has 1 heterocycles. The van der Waals surface area contributed by atoms with E-state index in [-0.39, 0.29) is 11.3 Å². The Hall–Kier alpha value is -6.55. The summed E-state index contributed by atoms with van der Waals surface area (Å²) in [5.74, 6) is -0.834. The van der Waals surface area contributed by atoms with Crippen LogP contribution in [0.2, 0.25) is 0 Å². The zero-order valence-electron chi connectivity index (χ0n) is 23.5. The van der Waals surface area contributed by atoms with Gasteiger partial charge in [0.05, 0.1) is 39.1 Å². The van der Waals surface area contributed by atoms with Gasteiger partial charge < -0.3 is 4.74 Å². The topological polar surface area (TPSA) is 137 Å². The number of nitro groups is 1. The lowest BCUT2D eigenvalue weighted by atomic mass is 10.0. The number of hydrogen-bond acceptors (Lipinski definition) is 8. The Morgan fingerprint density at radius 2 is 1.36 bits per heavy atom. The molecular weight excluding hydrogens is 570 g/mol. The number of benzene rings is 5. The highest BCUT2D eigenvalue weighted by Gasteiger charge is 2.16. The molecule has 45 heavy (non-hydrogen) atoms. The van der Waals surface area contributed by atoms with Gasteiger partial charge in [-0.3, -0.25) is 14.9 Å². The molecular formula is C35H23N5O5. The molecule has 1 N–H and O–H groups in total. The van der Waals surface area contributed by atoms with Crippen LogP contribution in [0.1, 0.15) is 26.3 Å². The van der Waals surface area contributed by atoms with Crippen LogP contribution in [0.15, 0.2) is 132 Å². The summed E-state index contributed by atoms with van der Waals surface area (Å²) in [6, 6.07) is 36.5. The number of nitrogens with one attached hydrogen (secondary N) is 1. The number of hydrazone groups is 1. The van der Waals surface area contributed by atoms with E-state index in [0.717, 1.165) is 16.8 Å². The number of non-ortho nitro benzene ring substituents is 1. The van der Waals surface area contributed by atoms with Crippen LogP contribution >= 0.6 is 0 Å². The lowest BCUT2D eigenvalue weighted by Crippen LogP contribution is -2.17. The maximum absolute atomic E-state index is 13.0. The number of fused-ring (bicyclic) bond motifs is 1. The molecule has 5 aromatic carbocycles. The van der Waals surface area contributed by atoms with Crippen molar-refractivity contribution in [2.45, 2.75) is 0 Å². The van der Waals surface area contributed by atoms with E-state index >= 15 is 0 Å². The van der Waals surface area contributed by atoms with Gasteiger partial charge in [-0.15, -0.1) is 0 Å². The van der Waals surface area contributed by atoms with Crippen LogP contribution in [0.4, 0.5) is 5.69 Å². The van der Waals surface area contributed by atoms with Gasteiger partial charge >= 0.3 is 5.97 Å². The van der Waals surface area contributed by atoms with Crippen LogP contribution < -0.4 is 10.2 Å². The maximum Gasteiger partial charge on any atom is 0.343 e. The molecule has 6 rings (SSSR count). The predicted molar refractivity (Wildman–Crippen MR) is 170 cm³/mol. The summed E-state index contributed by atoms with van der Waals surface area (Å²) >= 11 is 0. The standard InChI is InChI=1S/C35H23N5O5/c41-34(26-12-7-13-28(20-26)40(43)44)39-36-22-23-14-17-29(18-15-23)45-35(42)27-16-19-30-31(21-27)38-33(25-10-5-2-6-11-25)32(37-30)24-8-3-1-4-9-24/h1-22H,(H,39,41)/b36-22-. The van der Waals surface area contributed by atoms with Crippen LogP contribution in [0.3, 0.4) is 0 Å². The molecule has 0 aliphatic rings. The molecule has 0 aliphatic carbocycles. The van der Waals surface area contributed by atoms with E-state index in [9.17, 15) is 19.7 Å². The second-order valence-corrected chi connectivity index (χ2v) is 9.82. The summed E-state index contributed by atoms with van der Waals surface area (Å²) in [4.78, 5) is 45.5. The third kappa shape index (κ3) is 6.60. The Bertz CT molecular complexity index is 2060. The molecule has 0 unspecified atom stereocenters. The van der Waals surface area contributed by atoms with E-state index in [2.05, 4.69) is 10.5 Å². The predicted octanol–water partition coefficient (Wildman–Crippen LogP) is 6.86. The Labute approximate surface area is 256 Å². The van der Waals surface area contributed by atoms with Crippen molar-refractivity contribution >= 4 is 34.8 Å². The van der Waals surface area contributed by atoms with Crippen molar-refractivity contribution in [3.8, 4) is 28.3 Å². The second kappa shape index (κ2) is 12.8. The van der Waals surface area contributed by atoms with Crippen molar-refractivity contribution in [3.63, 3.8) is 0 Å². The third-order valence-corrected chi connectivity index (χ3v) is 6.78. The van der Waals surface area contributed by atoms with E-state index in [1.165, 1.54) is 30.5 Å². The fraction of sp³-hybridized carbons (Fsp3) is 0. The van der Waals surface area contributed by atoms with Gasteiger partial charge in [-0.2, -0.15) is 5.10 Å². The van der Waals surface area contributed by atoms with Crippen molar-refractivity contribution in [1.82, 2.24) is 15.4 Å². The fourth-order valence-corrected chi connectivity index (χ4v) is 4.55. The Balaban J connectivity index is 1.16. The minimum Gasteiger partial charge on any atom is -0.423 e. The number of rotatable bonds is 8. The van der Waals surface area contributed by atoms with Crippen LogP contribution in [0, 0.1) is 10.1 Å². The van der Waals surface area contributed by atoms with Gasteiger partial charge in [0.2, 0.25) is 0 Å². The molecule has 6 aromatic rings. The maximum atomic E-state index is 13.0. The smallest absolute Gasteiger partial charge is 0.343 e. The number of amides is 1.